The Bertz CT molecular complexity index is 926. The van der Waals surface area contributed by atoms with Gasteiger partial charge in [-0.25, -0.2) is 4.39 Å². The zero-order valence-electron chi connectivity index (χ0n) is 11.1. The highest BCUT2D eigenvalue weighted by Crippen LogP contribution is 2.27. The van der Waals surface area contributed by atoms with Crippen molar-refractivity contribution in [2.45, 2.75) is 13.1 Å². The summed E-state index contributed by atoms with van der Waals surface area (Å²) in [4.78, 5) is 12.2. The van der Waals surface area contributed by atoms with E-state index in [1.165, 1.54) is 12.1 Å². The van der Waals surface area contributed by atoms with Gasteiger partial charge in [-0.05, 0) is 24.6 Å². The van der Waals surface area contributed by atoms with E-state index in [1.807, 2.05) is 0 Å². The summed E-state index contributed by atoms with van der Waals surface area (Å²) in [5.74, 6) is -1.82. The highest BCUT2D eigenvalue weighted by atomic mass is 19.4. The summed E-state index contributed by atoms with van der Waals surface area (Å²) in [5, 5.41) is 6.27. The highest BCUT2D eigenvalue weighted by Gasteiger charge is 2.37. The lowest BCUT2D eigenvalue weighted by Gasteiger charge is -2.08. The Kier molecular flexibility index (Phi) is 3.01. The largest absolute Gasteiger partial charge is 0.452 e. The van der Waals surface area contributed by atoms with Crippen molar-refractivity contribution in [2.75, 3.05) is 0 Å². The molecule has 3 rings (SSSR count). The molecule has 0 aliphatic carbocycles. The van der Waals surface area contributed by atoms with Crippen molar-refractivity contribution in [3.63, 3.8) is 0 Å². The number of aryl methyl sites for hydroxylation is 1. The molecule has 9 heteroatoms. The highest BCUT2D eigenvalue weighted by molar-refractivity contribution is 5.42. The number of hydrogen-bond donors (Lipinski definition) is 0. The maximum atomic E-state index is 13.6. The molecular weight excluding hydrogens is 304 g/mol. The van der Waals surface area contributed by atoms with Crippen LogP contribution in [0.2, 0.25) is 0 Å². The van der Waals surface area contributed by atoms with Gasteiger partial charge < -0.3 is 0 Å². The van der Waals surface area contributed by atoms with Crippen LogP contribution in [-0.4, -0.2) is 19.2 Å². The van der Waals surface area contributed by atoms with Gasteiger partial charge in [0.15, 0.2) is 0 Å². The predicted molar refractivity (Wildman–Crippen MR) is 68.3 cm³/mol. The summed E-state index contributed by atoms with van der Waals surface area (Å²) in [6.07, 6.45) is -2.61. The molecule has 0 spiro atoms. The fourth-order valence-corrected chi connectivity index (χ4v) is 2.02. The second-order valence-corrected chi connectivity index (χ2v) is 4.62. The molecule has 2 heterocycles. The number of halogens is 4. The van der Waals surface area contributed by atoms with Crippen LogP contribution in [-0.2, 0) is 6.18 Å². The van der Waals surface area contributed by atoms with Crippen LogP contribution >= 0.6 is 0 Å². The number of fused-ring (bicyclic) bond motifs is 1. The molecule has 0 aliphatic heterocycles. The Balaban J connectivity index is 2.23. The summed E-state index contributed by atoms with van der Waals surface area (Å²) < 4.78 is 53.3. The van der Waals surface area contributed by atoms with E-state index in [0.717, 1.165) is 23.0 Å². The monoisotopic (exact) mass is 312 g/mol. The van der Waals surface area contributed by atoms with Gasteiger partial charge in [0.25, 0.3) is 0 Å². The molecule has 0 fully saturated rings. The van der Waals surface area contributed by atoms with Gasteiger partial charge >= 0.3 is 11.7 Å². The third kappa shape index (κ3) is 2.14. The van der Waals surface area contributed by atoms with Gasteiger partial charge in [-0.2, -0.15) is 13.2 Å². The molecular formula is C13H8F4N4O. The topological polar surface area (TPSA) is 52.2 Å². The van der Waals surface area contributed by atoms with Crippen molar-refractivity contribution >= 4 is 5.65 Å². The fourth-order valence-electron chi connectivity index (χ4n) is 2.02. The SMILES string of the molecule is Cc1ccc(-n2ccn3c(C(F)(F)F)nnc3c2=O)cc1F. The van der Waals surface area contributed by atoms with Crippen LogP contribution in [0.4, 0.5) is 17.6 Å². The minimum Gasteiger partial charge on any atom is -0.279 e. The Hall–Kier alpha value is -2.71. The van der Waals surface area contributed by atoms with Crippen LogP contribution in [0.1, 0.15) is 11.4 Å². The van der Waals surface area contributed by atoms with E-state index >= 15 is 0 Å². The molecule has 3 aromatic rings. The number of alkyl halides is 3. The van der Waals surface area contributed by atoms with E-state index in [2.05, 4.69) is 10.2 Å². The van der Waals surface area contributed by atoms with E-state index in [-0.39, 0.29) is 5.69 Å². The molecule has 0 bridgehead atoms. The van der Waals surface area contributed by atoms with Crippen molar-refractivity contribution in [3.05, 3.63) is 58.2 Å². The standard InChI is InChI=1S/C13H8F4N4O/c1-7-2-3-8(6-9(7)14)20-4-5-21-10(11(20)22)18-19-12(21)13(15,16)17/h2-6H,1H3. The zero-order chi connectivity index (χ0) is 16.1. The summed E-state index contributed by atoms with van der Waals surface area (Å²) in [6.45, 7) is 1.55. The second-order valence-electron chi connectivity index (χ2n) is 4.62. The first-order valence-corrected chi connectivity index (χ1v) is 6.09. The molecule has 114 valence electrons. The van der Waals surface area contributed by atoms with Gasteiger partial charge in [0, 0.05) is 12.4 Å². The third-order valence-corrected chi connectivity index (χ3v) is 3.16. The molecule has 22 heavy (non-hydrogen) atoms. The van der Waals surface area contributed by atoms with E-state index in [9.17, 15) is 22.4 Å². The summed E-state index contributed by atoms with van der Waals surface area (Å²) in [5.41, 5.74) is -0.739. The molecule has 0 N–H and O–H groups in total. The first-order valence-electron chi connectivity index (χ1n) is 6.09. The number of aromatic nitrogens is 4. The van der Waals surface area contributed by atoms with Crippen molar-refractivity contribution < 1.29 is 17.6 Å². The third-order valence-electron chi connectivity index (χ3n) is 3.16. The lowest BCUT2D eigenvalue weighted by atomic mass is 10.2. The van der Waals surface area contributed by atoms with Crippen LogP contribution in [0, 0.1) is 12.7 Å². The normalized spacial score (nSPS) is 12.0. The molecule has 5 nitrogen and oxygen atoms in total. The Morgan fingerprint density at radius 1 is 1.14 bits per heavy atom. The molecule has 0 saturated heterocycles. The minimum absolute atomic E-state index is 0.187. The quantitative estimate of drug-likeness (QED) is 0.648. The maximum Gasteiger partial charge on any atom is 0.452 e. The number of hydrogen-bond acceptors (Lipinski definition) is 3. The van der Waals surface area contributed by atoms with Crippen LogP contribution in [0.25, 0.3) is 11.3 Å². The molecule has 0 unspecified atom stereocenters. The van der Waals surface area contributed by atoms with Gasteiger partial charge in [0.05, 0.1) is 5.69 Å². The van der Waals surface area contributed by atoms with E-state index in [4.69, 9.17) is 0 Å². The molecule has 0 saturated carbocycles. The van der Waals surface area contributed by atoms with Crippen LogP contribution in [0.5, 0.6) is 0 Å². The van der Waals surface area contributed by atoms with Crippen LogP contribution in [0.3, 0.4) is 0 Å². The fraction of sp³-hybridized carbons (Fsp3) is 0.154. The van der Waals surface area contributed by atoms with Gasteiger partial charge in [0.1, 0.15) is 5.82 Å². The average Bonchev–Trinajstić information content (AvgIpc) is 2.87. The Labute approximate surface area is 120 Å². The molecule has 1 aromatic carbocycles. The first-order chi connectivity index (χ1) is 10.3. The van der Waals surface area contributed by atoms with Crippen molar-refractivity contribution in [1.82, 2.24) is 19.2 Å². The zero-order valence-corrected chi connectivity index (χ0v) is 11.1. The minimum atomic E-state index is -4.73. The summed E-state index contributed by atoms with van der Waals surface area (Å²) in [7, 11) is 0. The molecule has 0 aliphatic rings. The van der Waals surface area contributed by atoms with Gasteiger partial charge in [0.2, 0.25) is 11.5 Å². The Morgan fingerprint density at radius 2 is 1.86 bits per heavy atom. The van der Waals surface area contributed by atoms with Gasteiger partial charge in [-0.1, -0.05) is 6.07 Å². The van der Waals surface area contributed by atoms with Crippen molar-refractivity contribution in [3.8, 4) is 5.69 Å². The van der Waals surface area contributed by atoms with Crippen LogP contribution < -0.4 is 5.56 Å². The lowest BCUT2D eigenvalue weighted by Crippen LogP contribution is -2.21. The van der Waals surface area contributed by atoms with E-state index in [0.29, 0.717) is 9.96 Å². The molecule has 0 amide bonds. The number of benzene rings is 1. The van der Waals surface area contributed by atoms with E-state index in [1.54, 1.807) is 6.92 Å². The number of nitrogens with zero attached hydrogens (tertiary/aromatic N) is 4. The smallest absolute Gasteiger partial charge is 0.279 e. The second kappa shape index (κ2) is 4.65. The Morgan fingerprint density at radius 3 is 2.50 bits per heavy atom. The lowest BCUT2D eigenvalue weighted by molar-refractivity contribution is -0.145. The molecule has 2 aromatic heterocycles. The molecule has 0 atom stereocenters. The first kappa shape index (κ1) is 14.2. The summed E-state index contributed by atoms with van der Waals surface area (Å²) >= 11 is 0. The van der Waals surface area contributed by atoms with Crippen molar-refractivity contribution in [1.29, 1.82) is 0 Å². The summed E-state index contributed by atoms with van der Waals surface area (Å²) in [6, 6.07) is 4.07. The van der Waals surface area contributed by atoms with Gasteiger partial charge in [-0.15, -0.1) is 10.2 Å². The van der Waals surface area contributed by atoms with E-state index < -0.39 is 29.0 Å². The van der Waals surface area contributed by atoms with Crippen LogP contribution in [0.15, 0.2) is 35.4 Å². The predicted octanol–water partition coefficient (Wildman–Crippen LogP) is 2.35. The molecule has 0 radical (unpaired) electrons. The van der Waals surface area contributed by atoms with Gasteiger partial charge in [-0.3, -0.25) is 13.8 Å². The maximum absolute atomic E-state index is 13.6. The average molecular weight is 312 g/mol. The van der Waals surface area contributed by atoms with Crippen molar-refractivity contribution in [2.24, 2.45) is 0 Å². The number of rotatable bonds is 1.